The van der Waals surface area contributed by atoms with E-state index in [0.29, 0.717) is 33.5 Å². The lowest BCUT2D eigenvalue weighted by Crippen LogP contribution is -2.25. The van der Waals surface area contributed by atoms with Crippen molar-refractivity contribution in [2.75, 3.05) is 13.7 Å². The Balaban J connectivity index is 2.45. The Bertz CT molecular complexity index is 1000. The Morgan fingerprint density at radius 1 is 1.04 bits per heavy atom. The van der Waals surface area contributed by atoms with Crippen LogP contribution in [0.25, 0.3) is 16.5 Å². The minimum Gasteiger partial charge on any atom is -0.495 e. The summed E-state index contributed by atoms with van der Waals surface area (Å²) >= 11 is 0. The predicted octanol–water partition coefficient (Wildman–Crippen LogP) is 3.48. The number of fused-ring (bicyclic) bond motifs is 1. The number of carbonyl (C=O) groups excluding carboxylic acids is 1. The van der Waals surface area contributed by atoms with Crippen LogP contribution >= 0.6 is 0 Å². The summed E-state index contributed by atoms with van der Waals surface area (Å²) in [6, 6.07) is 14.3. The average Bonchev–Trinajstić information content (AvgIpc) is 2.62. The van der Waals surface area contributed by atoms with Gasteiger partial charge in [0.1, 0.15) is 5.75 Å². The van der Waals surface area contributed by atoms with Crippen LogP contribution in [0.3, 0.4) is 0 Å². The van der Waals surface area contributed by atoms with E-state index in [0.717, 1.165) is 0 Å². The summed E-state index contributed by atoms with van der Waals surface area (Å²) in [6.07, 6.45) is 0. The highest BCUT2D eigenvalue weighted by Gasteiger charge is 2.22. The van der Waals surface area contributed by atoms with E-state index in [4.69, 9.17) is 9.47 Å². The first-order chi connectivity index (χ1) is 12.1. The molecule has 0 amide bonds. The lowest BCUT2D eigenvalue weighted by atomic mass is 10.0. The van der Waals surface area contributed by atoms with Crippen molar-refractivity contribution in [2.45, 2.75) is 13.8 Å². The molecule has 0 saturated carbocycles. The Labute approximate surface area is 145 Å². The third-order valence-electron chi connectivity index (χ3n) is 4.13. The maximum atomic E-state index is 13.1. The second-order valence-electron chi connectivity index (χ2n) is 5.54. The lowest BCUT2D eigenvalue weighted by Gasteiger charge is -2.18. The molecule has 0 unspecified atom stereocenters. The topological polar surface area (TPSA) is 57.5 Å². The molecular weight excluding hydrogens is 318 g/mol. The van der Waals surface area contributed by atoms with Crippen molar-refractivity contribution in [1.29, 1.82) is 0 Å². The average molecular weight is 337 g/mol. The Kier molecular flexibility index (Phi) is 4.57. The highest BCUT2D eigenvalue weighted by Crippen LogP contribution is 2.27. The minimum atomic E-state index is -0.445. The Morgan fingerprint density at radius 3 is 2.36 bits per heavy atom. The molecule has 0 aliphatic carbocycles. The monoisotopic (exact) mass is 337 g/mol. The van der Waals surface area contributed by atoms with Crippen LogP contribution in [0.1, 0.15) is 23.0 Å². The molecule has 3 rings (SSSR count). The van der Waals surface area contributed by atoms with Gasteiger partial charge >= 0.3 is 5.97 Å². The van der Waals surface area contributed by atoms with Gasteiger partial charge in [0.05, 0.1) is 25.0 Å². The molecule has 2 aromatic carbocycles. The van der Waals surface area contributed by atoms with Crippen LogP contribution in [0.15, 0.2) is 53.3 Å². The van der Waals surface area contributed by atoms with E-state index in [-0.39, 0.29) is 12.2 Å². The molecule has 0 spiro atoms. The highest BCUT2D eigenvalue weighted by atomic mass is 16.5. The van der Waals surface area contributed by atoms with Crippen LogP contribution in [0, 0.1) is 6.92 Å². The molecule has 5 nitrogen and oxygen atoms in total. The van der Waals surface area contributed by atoms with E-state index in [9.17, 15) is 9.59 Å². The van der Waals surface area contributed by atoms with Gasteiger partial charge in [-0.05, 0) is 32.0 Å². The molecule has 0 atom stereocenters. The van der Waals surface area contributed by atoms with Crippen molar-refractivity contribution in [3.8, 4) is 11.4 Å². The van der Waals surface area contributed by atoms with Crippen LogP contribution < -0.4 is 10.3 Å². The van der Waals surface area contributed by atoms with Crippen LogP contribution in [0.2, 0.25) is 0 Å². The van der Waals surface area contributed by atoms with Gasteiger partial charge in [0.15, 0.2) is 0 Å². The number of carbonyl (C=O) groups is 1. The standard InChI is InChI=1S/C20H19NO4/c1-4-25-20(23)18-13(2)21(16-11-7-8-12-17(16)24-3)19(22)15-10-6-5-9-14(15)18/h5-12H,4H2,1-3H3. The molecule has 0 fully saturated rings. The van der Waals surface area contributed by atoms with E-state index in [1.165, 1.54) is 4.57 Å². The van der Waals surface area contributed by atoms with Crippen molar-refractivity contribution in [1.82, 2.24) is 4.57 Å². The van der Waals surface area contributed by atoms with Gasteiger partial charge in [0, 0.05) is 16.5 Å². The molecule has 1 heterocycles. The van der Waals surface area contributed by atoms with E-state index >= 15 is 0 Å². The van der Waals surface area contributed by atoms with Gasteiger partial charge < -0.3 is 9.47 Å². The van der Waals surface area contributed by atoms with Crippen molar-refractivity contribution in [3.63, 3.8) is 0 Å². The largest absolute Gasteiger partial charge is 0.495 e. The molecule has 128 valence electrons. The summed E-state index contributed by atoms with van der Waals surface area (Å²) in [5, 5.41) is 1.05. The van der Waals surface area contributed by atoms with Crippen LogP contribution in [0.4, 0.5) is 0 Å². The smallest absolute Gasteiger partial charge is 0.340 e. The SMILES string of the molecule is CCOC(=O)c1c(C)n(-c2ccccc2OC)c(=O)c2ccccc12. The first-order valence-corrected chi connectivity index (χ1v) is 8.05. The fourth-order valence-corrected chi connectivity index (χ4v) is 3.03. The van der Waals surface area contributed by atoms with Gasteiger partial charge in [0.2, 0.25) is 0 Å². The van der Waals surface area contributed by atoms with Gasteiger partial charge in [-0.2, -0.15) is 0 Å². The van der Waals surface area contributed by atoms with E-state index in [2.05, 4.69) is 0 Å². The first kappa shape index (κ1) is 16.8. The molecule has 0 radical (unpaired) electrons. The van der Waals surface area contributed by atoms with Crippen LogP contribution in [-0.4, -0.2) is 24.3 Å². The summed E-state index contributed by atoms with van der Waals surface area (Å²) in [5.74, 6) is 0.109. The molecule has 1 aromatic heterocycles. The number of methoxy groups -OCH3 is 1. The number of aromatic nitrogens is 1. The second kappa shape index (κ2) is 6.81. The minimum absolute atomic E-state index is 0.203. The van der Waals surface area contributed by atoms with E-state index < -0.39 is 5.97 Å². The van der Waals surface area contributed by atoms with E-state index in [1.807, 2.05) is 12.1 Å². The summed E-state index contributed by atoms with van der Waals surface area (Å²) in [7, 11) is 1.55. The molecule has 0 bridgehead atoms. The van der Waals surface area contributed by atoms with Crippen LogP contribution in [-0.2, 0) is 4.74 Å². The molecule has 0 aliphatic rings. The number of hydrogen-bond acceptors (Lipinski definition) is 4. The van der Waals surface area contributed by atoms with Gasteiger partial charge in [-0.1, -0.05) is 30.3 Å². The maximum Gasteiger partial charge on any atom is 0.340 e. The quantitative estimate of drug-likeness (QED) is 0.684. The zero-order valence-electron chi connectivity index (χ0n) is 14.4. The fraction of sp³-hybridized carbons (Fsp3) is 0.200. The summed E-state index contributed by atoms with van der Waals surface area (Å²) in [5.41, 5.74) is 1.30. The number of hydrogen-bond donors (Lipinski definition) is 0. The fourth-order valence-electron chi connectivity index (χ4n) is 3.03. The summed E-state index contributed by atoms with van der Waals surface area (Å²) in [4.78, 5) is 25.7. The number of benzene rings is 2. The zero-order valence-corrected chi connectivity index (χ0v) is 14.4. The Morgan fingerprint density at radius 2 is 1.68 bits per heavy atom. The normalized spacial score (nSPS) is 10.7. The van der Waals surface area contributed by atoms with Gasteiger partial charge in [-0.25, -0.2) is 4.79 Å². The highest BCUT2D eigenvalue weighted by molar-refractivity contribution is 6.05. The molecule has 5 heteroatoms. The number of esters is 1. The van der Waals surface area contributed by atoms with Crippen molar-refractivity contribution in [3.05, 3.63) is 70.1 Å². The van der Waals surface area contributed by atoms with Crippen molar-refractivity contribution >= 4 is 16.7 Å². The molecule has 0 N–H and O–H groups in total. The molecule has 25 heavy (non-hydrogen) atoms. The molecular formula is C20H19NO4. The van der Waals surface area contributed by atoms with Crippen LogP contribution in [0.5, 0.6) is 5.75 Å². The summed E-state index contributed by atoms with van der Waals surface area (Å²) < 4.78 is 12.1. The number of para-hydroxylation sites is 2. The molecule has 0 saturated heterocycles. The third-order valence-corrected chi connectivity index (χ3v) is 4.13. The Hall–Kier alpha value is -3.08. The number of pyridine rings is 1. The number of ether oxygens (including phenoxy) is 2. The summed E-state index contributed by atoms with van der Waals surface area (Å²) in [6.45, 7) is 3.76. The molecule has 0 aliphatic heterocycles. The van der Waals surface area contributed by atoms with Crippen molar-refractivity contribution < 1.29 is 14.3 Å². The maximum absolute atomic E-state index is 13.1. The third kappa shape index (κ3) is 2.78. The van der Waals surface area contributed by atoms with Gasteiger partial charge in [-0.15, -0.1) is 0 Å². The second-order valence-corrected chi connectivity index (χ2v) is 5.54. The van der Waals surface area contributed by atoms with Gasteiger partial charge in [0.25, 0.3) is 5.56 Å². The van der Waals surface area contributed by atoms with E-state index in [1.54, 1.807) is 57.4 Å². The number of nitrogens with zero attached hydrogens (tertiary/aromatic N) is 1. The lowest BCUT2D eigenvalue weighted by molar-refractivity contribution is 0.0527. The predicted molar refractivity (Wildman–Crippen MR) is 96.8 cm³/mol. The first-order valence-electron chi connectivity index (χ1n) is 8.05. The number of rotatable bonds is 4. The van der Waals surface area contributed by atoms with Crippen molar-refractivity contribution in [2.24, 2.45) is 0 Å². The zero-order chi connectivity index (χ0) is 18.0. The molecule has 3 aromatic rings. The van der Waals surface area contributed by atoms with Gasteiger partial charge in [-0.3, -0.25) is 9.36 Å².